The number of piperidine rings is 1. The summed E-state index contributed by atoms with van der Waals surface area (Å²) in [5, 5.41) is 20.5. The Kier molecular flexibility index (Phi) is 4.16. The lowest BCUT2D eigenvalue weighted by Crippen LogP contribution is -2.48. The normalized spacial score (nSPS) is 21.5. The summed E-state index contributed by atoms with van der Waals surface area (Å²) in [5.41, 5.74) is -0.692. The number of hydrogen-bond acceptors (Lipinski definition) is 4. The van der Waals surface area contributed by atoms with Gasteiger partial charge in [0.25, 0.3) is 11.6 Å². The van der Waals surface area contributed by atoms with Gasteiger partial charge in [-0.1, -0.05) is 12.1 Å². The molecule has 0 spiro atoms. The third-order valence-electron chi connectivity index (χ3n) is 4.16. The minimum absolute atomic E-state index is 0.0436. The standard InChI is InChI=1S/C15H18N2O5/c1-10-5-3-6-11(17(21)22)12(10)13(18)16-8-4-7-15(2,9-16)14(19)20/h3,5-6H,4,7-9H2,1-2H3,(H,19,20). The number of carboxylic acid groups (broad SMARTS) is 1. The highest BCUT2D eigenvalue weighted by Crippen LogP contribution is 2.32. The van der Waals surface area contributed by atoms with Crippen molar-refractivity contribution in [1.29, 1.82) is 0 Å². The van der Waals surface area contributed by atoms with Gasteiger partial charge in [0.1, 0.15) is 5.56 Å². The molecule has 1 aromatic rings. The van der Waals surface area contributed by atoms with Crippen LogP contribution < -0.4 is 0 Å². The Balaban J connectivity index is 2.37. The van der Waals surface area contributed by atoms with E-state index in [0.717, 1.165) is 0 Å². The van der Waals surface area contributed by atoms with Crippen LogP contribution in [0.1, 0.15) is 35.7 Å². The summed E-state index contributed by atoms with van der Waals surface area (Å²) in [5.74, 6) is -1.43. The van der Waals surface area contributed by atoms with Gasteiger partial charge in [-0.3, -0.25) is 19.7 Å². The molecule has 1 fully saturated rings. The van der Waals surface area contributed by atoms with E-state index in [-0.39, 0.29) is 17.8 Å². The molecule has 1 aliphatic heterocycles. The highest BCUT2D eigenvalue weighted by Gasteiger charge is 2.40. The fourth-order valence-corrected chi connectivity index (χ4v) is 2.83. The highest BCUT2D eigenvalue weighted by atomic mass is 16.6. The molecule has 0 saturated carbocycles. The van der Waals surface area contributed by atoms with Crippen LogP contribution >= 0.6 is 0 Å². The number of aliphatic carboxylic acids is 1. The molecule has 22 heavy (non-hydrogen) atoms. The van der Waals surface area contributed by atoms with Gasteiger partial charge in [-0.15, -0.1) is 0 Å². The summed E-state index contributed by atoms with van der Waals surface area (Å²) in [4.78, 5) is 36.0. The molecule has 7 nitrogen and oxygen atoms in total. The quantitative estimate of drug-likeness (QED) is 0.681. The molecular formula is C15H18N2O5. The summed E-state index contributed by atoms with van der Waals surface area (Å²) in [6, 6.07) is 4.46. The number of aryl methyl sites for hydroxylation is 1. The Bertz CT molecular complexity index is 643. The highest BCUT2D eigenvalue weighted by molar-refractivity contribution is 6.00. The van der Waals surface area contributed by atoms with E-state index in [9.17, 15) is 24.8 Å². The maximum absolute atomic E-state index is 12.7. The first kappa shape index (κ1) is 15.9. The largest absolute Gasteiger partial charge is 0.481 e. The van der Waals surface area contributed by atoms with Crippen LogP contribution in [0.25, 0.3) is 0 Å². The van der Waals surface area contributed by atoms with Crippen molar-refractivity contribution in [3.05, 3.63) is 39.4 Å². The van der Waals surface area contributed by atoms with Crippen LogP contribution in [0.4, 0.5) is 5.69 Å². The third-order valence-corrected chi connectivity index (χ3v) is 4.16. The molecule has 0 aromatic heterocycles. The minimum atomic E-state index is -1.01. The lowest BCUT2D eigenvalue weighted by atomic mass is 9.81. The zero-order valence-electron chi connectivity index (χ0n) is 12.5. The summed E-state index contributed by atoms with van der Waals surface area (Å²) >= 11 is 0. The lowest BCUT2D eigenvalue weighted by molar-refractivity contribution is -0.385. The zero-order chi connectivity index (χ0) is 16.5. The molecule has 1 aromatic carbocycles. The number of benzene rings is 1. The molecule has 1 saturated heterocycles. The molecule has 0 aliphatic carbocycles. The van der Waals surface area contributed by atoms with Gasteiger partial charge in [-0.2, -0.15) is 0 Å². The van der Waals surface area contributed by atoms with E-state index in [4.69, 9.17) is 0 Å². The number of likely N-dealkylation sites (tertiary alicyclic amines) is 1. The average Bonchev–Trinajstić information content (AvgIpc) is 2.46. The molecule has 0 radical (unpaired) electrons. The monoisotopic (exact) mass is 306 g/mol. The van der Waals surface area contributed by atoms with Crippen LogP contribution in [0.2, 0.25) is 0 Å². The second-order valence-electron chi connectivity index (χ2n) is 5.92. The van der Waals surface area contributed by atoms with E-state index in [1.54, 1.807) is 19.9 Å². The molecule has 1 unspecified atom stereocenters. The number of nitrogens with zero attached hydrogens (tertiary/aromatic N) is 2. The summed E-state index contributed by atoms with van der Waals surface area (Å²) < 4.78 is 0. The Hall–Kier alpha value is -2.44. The number of carboxylic acids is 1. The van der Waals surface area contributed by atoms with Gasteiger partial charge in [-0.05, 0) is 32.3 Å². The number of carbonyl (C=O) groups excluding carboxylic acids is 1. The fourth-order valence-electron chi connectivity index (χ4n) is 2.83. The Morgan fingerprint density at radius 3 is 2.68 bits per heavy atom. The summed E-state index contributed by atoms with van der Waals surface area (Å²) in [6.45, 7) is 3.71. The van der Waals surface area contributed by atoms with Gasteiger partial charge in [0.05, 0.1) is 10.3 Å². The van der Waals surface area contributed by atoms with Crippen LogP contribution in [-0.2, 0) is 4.79 Å². The third kappa shape index (κ3) is 2.79. The van der Waals surface area contributed by atoms with Gasteiger partial charge >= 0.3 is 5.97 Å². The lowest BCUT2D eigenvalue weighted by Gasteiger charge is -2.37. The first-order valence-corrected chi connectivity index (χ1v) is 7.03. The van der Waals surface area contributed by atoms with Gasteiger partial charge in [0.2, 0.25) is 0 Å². The number of carbonyl (C=O) groups is 2. The molecule has 7 heteroatoms. The van der Waals surface area contributed by atoms with Crippen molar-refractivity contribution in [1.82, 2.24) is 4.90 Å². The van der Waals surface area contributed by atoms with E-state index in [2.05, 4.69) is 0 Å². The predicted octanol–water partition coefficient (Wildman–Crippen LogP) is 2.23. The maximum Gasteiger partial charge on any atom is 0.311 e. The summed E-state index contributed by atoms with van der Waals surface area (Å²) in [6.07, 6.45) is 1.05. The van der Waals surface area contributed by atoms with Crippen molar-refractivity contribution in [2.24, 2.45) is 5.41 Å². The molecule has 118 valence electrons. The van der Waals surface area contributed by atoms with Gasteiger partial charge < -0.3 is 10.0 Å². The molecule has 1 amide bonds. The number of nitro benzene ring substituents is 1. The topological polar surface area (TPSA) is 101 Å². The van der Waals surface area contributed by atoms with E-state index >= 15 is 0 Å². The summed E-state index contributed by atoms with van der Waals surface area (Å²) in [7, 11) is 0. The molecule has 1 aliphatic rings. The zero-order valence-corrected chi connectivity index (χ0v) is 12.5. The second kappa shape index (κ2) is 5.75. The first-order valence-electron chi connectivity index (χ1n) is 7.03. The average molecular weight is 306 g/mol. The van der Waals surface area contributed by atoms with Gasteiger partial charge in [0.15, 0.2) is 0 Å². The van der Waals surface area contributed by atoms with Crippen molar-refractivity contribution in [3.63, 3.8) is 0 Å². The number of hydrogen-bond donors (Lipinski definition) is 1. The van der Waals surface area contributed by atoms with Crippen LogP contribution in [0.5, 0.6) is 0 Å². The van der Waals surface area contributed by atoms with Crippen molar-refractivity contribution in [3.8, 4) is 0 Å². The van der Waals surface area contributed by atoms with Crippen molar-refractivity contribution in [2.45, 2.75) is 26.7 Å². The van der Waals surface area contributed by atoms with Crippen LogP contribution in [0.3, 0.4) is 0 Å². The van der Waals surface area contributed by atoms with Gasteiger partial charge in [-0.25, -0.2) is 0 Å². The molecule has 2 rings (SSSR count). The van der Waals surface area contributed by atoms with Gasteiger partial charge in [0, 0.05) is 19.2 Å². The molecule has 0 bridgehead atoms. The Morgan fingerprint density at radius 1 is 1.41 bits per heavy atom. The smallest absolute Gasteiger partial charge is 0.311 e. The van der Waals surface area contributed by atoms with Crippen LogP contribution in [-0.4, -0.2) is 39.9 Å². The second-order valence-corrected chi connectivity index (χ2v) is 5.92. The van der Waals surface area contributed by atoms with E-state index in [1.807, 2.05) is 0 Å². The molecule has 1 heterocycles. The van der Waals surface area contributed by atoms with E-state index in [0.29, 0.717) is 24.9 Å². The van der Waals surface area contributed by atoms with Crippen molar-refractivity contribution >= 4 is 17.6 Å². The van der Waals surface area contributed by atoms with E-state index < -0.39 is 22.2 Å². The van der Waals surface area contributed by atoms with Crippen molar-refractivity contribution < 1.29 is 19.6 Å². The fraction of sp³-hybridized carbons (Fsp3) is 0.467. The first-order chi connectivity index (χ1) is 10.3. The van der Waals surface area contributed by atoms with E-state index in [1.165, 1.54) is 17.0 Å². The predicted molar refractivity (Wildman–Crippen MR) is 78.7 cm³/mol. The van der Waals surface area contributed by atoms with Crippen LogP contribution in [0.15, 0.2) is 18.2 Å². The minimum Gasteiger partial charge on any atom is -0.481 e. The maximum atomic E-state index is 12.7. The SMILES string of the molecule is Cc1cccc([N+](=O)[O-])c1C(=O)N1CCCC(C)(C(=O)O)C1. The number of amides is 1. The molecular weight excluding hydrogens is 288 g/mol. The number of nitro groups is 1. The van der Waals surface area contributed by atoms with Crippen LogP contribution in [0, 0.1) is 22.5 Å². The molecule has 1 N–H and O–H groups in total. The van der Waals surface area contributed by atoms with Crippen molar-refractivity contribution in [2.75, 3.05) is 13.1 Å². The Morgan fingerprint density at radius 2 is 2.09 bits per heavy atom. The molecule has 1 atom stereocenters. The number of rotatable bonds is 3. The Labute approximate surface area is 127 Å².